The summed E-state index contributed by atoms with van der Waals surface area (Å²) >= 11 is 0. The Morgan fingerprint density at radius 2 is 1.94 bits per heavy atom. The van der Waals surface area contributed by atoms with Gasteiger partial charge in [-0.05, 0) is 24.2 Å². The van der Waals surface area contributed by atoms with Gasteiger partial charge in [-0.2, -0.15) is 0 Å². The maximum Gasteiger partial charge on any atom is 0.123 e. The molecule has 0 aromatic heterocycles. The summed E-state index contributed by atoms with van der Waals surface area (Å²) < 4.78 is 23.2. The van der Waals surface area contributed by atoms with Gasteiger partial charge in [0.2, 0.25) is 0 Å². The molecule has 96 valence electrons. The molecule has 0 spiro atoms. The Morgan fingerprint density at radius 3 is 2.53 bits per heavy atom. The van der Waals surface area contributed by atoms with E-state index in [0.29, 0.717) is 19.8 Å². The zero-order valence-electron chi connectivity index (χ0n) is 10.4. The van der Waals surface area contributed by atoms with Crippen LogP contribution in [0, 0.1) is 5.82 Å². The molecule has 3 nitrogen and oxygen atoms in total. The quantitative estimate of drug-likeness (QED) is 0.707. The van der Waals surface area contributed by atoms with Crippen molar-refractivity contribution in [2.45, 2.75) is 13.0 Å². The number of methoxy groups -OCH3 is 1. The Bertz CT molecular complexity index is 303. The molecular weight excluding hydrogens is 221 g/mol. The Kier molecular flexibility index (Phi) is 6.77. The minimum absolute atomic E-state index is 0.0949. The molecule has 0 aliphatic rings. The molecule has 0 amide bonds. The first kappa shape index (κ1) is 14.1. The van der Waals surface area contributed by atoms with Gasteiger partial charge in [-0.3, -0.25) is 0 Å². The molecule has 0 saturated carbocycles. The van der Waals surface area contributed by atoms with Gasteiger partial charge in [0, 0.05) is 7.11 Å². The highest BCUT2D eigenvalue weighted by Gasteiger charge is 2.10. The normalized spacial score (nSPS) is 12.6. The van der Waals surface area contributed by atoms with Crippen LogP contribution in [0.1, 0.15) is 18.5 Å². The van der Waals surface area contributed by atoms with Crippen molar-refractivity contribution in [3.05, 3.63) is 35.6 Å². The lowest BCUT2D eigenvalue weighted by molar-refractivity contribution is 0.0588. The maximum absolute atomic E-state index is 12.8. The molecule has 1 aromatic rings. The van der Waals surface area contributed by atoms with Crippen LogP contribution in [0.5, 0.6) is 0 Å². The lowest BCUT2D eigenvalue weighted by Gasteiger charge is -2.18. The second kappa shape index (κ2) is 8.17. The molecule has 1 N–H and O–H groups in total. The monoisotopic (exact) mass is 241 g/mol. The number of nitrogens with one attached hydrogen (secondary N) is 1. The molecule has 0 saturated heterocycles. The van der Waals surface area contributed by atoms with Crippen molar-refractivity contribution < 1.29 is 13.9 Å². The van der Waals surface area contributed by atoms with E-state index in [1.54, 1.807) is 19.2 Å². The maximum atomic E-state index is 12.8. The number of rotatable bonds is 8. The number of ether oxygens (including phenoxy) is 2. The molecule has 1 unspecified atom stereocenters. The highest BCUT2D eigenvalue weighted by Crippen LogP contribution is 2.13. The molecular formula is C13H20FNO2. The second-order valence-corrected chi connectivity index (χ2v) is 3.73. The van der Waals surface area contributed by atoms with E-state index < -0.39 is 0 Å². The van der Waals surface area contributed by atoms with Crippen molar-refractivity contribution in [1.82, 2.24) is 5.32 Å². The van der Waals surface area contributed by atoms with Crippen LogP contribution >= 0.6 is 0 Å². The molecule has 0 radical (unpaired) electrons. The molecule has 1 aromatic carbocycles. The predicted octanol–water partition coefficient (Wildman–Crippen LogP) is 2.14. The number of hydrogen-bond acceptors (Lipinski definition) is 3. The van der Waals surface area contributed by atoms with Crippen LogP contribution in [-0.2, 0) is 9.47 Å². The summed E-state index contributed by atoms with van der Waals surface area (Å²) in [7, 11) is 1.64. The highest BCUT2D eigenvalue weighted by molar-refractivity contribution is 5.19. The molecule has 1 rings (SSSR count). The zero-order valence-corrected chi connectivity index (χ0v) is 10.4. The van der Waals surface area contributed by atoms with E-state index >= 15 is 0 Å². The number of halogens is 1. The molecule has 17 heavy (non-hydrogen) atoms. The summed E-state index contributed by atoms with van der Waals surface area (Å²) in [5.41, 5.74) is 1.03. The first-order valence-corrected chi connectivity index (χ1v) is 5.83. The molecule has 0 fully saturated rings. The Morgan fingerprint density at radius 1 is 1.24 bits per heavy atom. The van der Waals surface area contributed by atoms with Crippen molar-refractivity contribution in [2.24, 2.45) is 0 Å². The molecule has 1 atom stereocenters. The van der Waals surface area contributed by atoms with Gasteiger partial charge in [0.1, 0.15) is 5.82 Å². The molecule has 0 aliphatic carbocycles. The first-order valence-electron chi connectivity index (χ1n) is 5.83. The van der Waals surface area contributed by atoms with Crippen molar-refractivity contribution in [1.29, 1.82) is 0 Å². The van der Waals surface area contributed by atoms with Gasteiger partial charge in [0.05, 0.1) is 25.9 Å². The third-order valence-electron chi connectivity index (χ3n) is 2.44. The van der Waals surface area contributed by atoms with Crippen molar-refractivity contribution in [3.63, 3.8) is 0 Å². The summed E-state index contributed by atoms with van der Waals surface area (Å²) in [5.74, 6) is -0.218. The first-order chi connectivity index (χ1) is 8.27. The van der Waals surface area contributed by atoms with Gasteiger partial charge >= 0.3 is 0 Å². The van der Waals surface area contributed by atoms with E-state index in [0.717, 1.165) is 12.1 Å². The minimum atomic E-state index is -0.218. The van der Waals surface area contributed by atoms with Crippen LogP contribution in [0.25, 0.3) is 0 Å². The van der Waals surface area contributed by atoms with E-state index in [4.69, 9.17) is 9.47 Å². The van der Waals surface area contributed by atoms with E-state index in [2.05, 4.69) is 5.32 Å². The van der Waals surface area contributed by atoms with Crippen LogP contribution in [0.2, 0.25) is 0 Å². The van der Waals surface area contributed by atoms with E-state index in [9.17, 15) is 4.39 Å². The molecule has 0 heterocycles. The lowest BCUT2D eigenvalue weighted by atomic mass is 10.1. The second-order valence-electron chi connectivity index (χ2n) is 3.73. The fourth-order valence-electron chi connectivity index (χ4n) is 1.56. The van der Waals surface area contributed by atoms with Gasteiger partial charge in [-0.1, -0.05) is 19.1 Å². The molecule has 0 bridgehead atoms. The number of hydrogen-bond donors (Lipinski definition) is 1. The van der Waals surface area contributed by atoms with Crippen molar-refractivity contribution in [3.8, 4) is 0 Å². The molecule has 0 aliphatic heterocycles. The smallest absolute Gasteiger partial charge is 0.123 e. The Hall–Kier alpha value is -0.970. The summed E-state index contributed by atoms with van der Waals surface area (Å²) in [5, 5.41) is 3.31. The fraction of sp³-hybridized carbons (Fsp3) is 0.538. The van der Waals surface area contributed by atoms with Crippen LogP contribution in [0.15, 0.2) is 24.3 Å². The lowest BCUT2D eigenvalue weighted by Crippen LogP contribution is -2.26. The van der Waals surface area contributed by atoms with Gasteiger partial charge < -0.3 is 14.8 Å². The molecule has 4 heteroatoms. The summed E-state index contributed by atoms with van der Waals surface area (Å²) in [6.07, 6.45) is 0. The van der Waals surface area contributed by atoms with Gasteiger partial charge in [-0.25, -0.2) is 4.39 Å². The average molecular weight is 241 g/mol. The summed E-state index contributed by atoms with van der Waals surface area (Å²) in [6, 6.07) is 6.59. The van der Waals surface area contributed by atoms with Crippen LogP contribution in [0.3, 0.4) is 0 Å². The summed E-state index contributed by atoms with van der Waals surface area (Å²) in [6.45, 7) is 4.59. The van der Waals surface area contributed by atoms with E-state index in [1.165, 1.54) is 12.1 Å². The average Bonchev–Trinajstić information content (AvgIpc) is 2.34. The number of benzene rings is 1. The minimum Gasteiger partial charge on any atom is -0.382 e. The third kappa shape index (κ3) is 5.26. The van der Waals surface area contributed by atoms with E-state index in [1.807, 2.05) is 6.92 Å². The Balaban J connectivity index is 2.49. The highest BCUT2D eigenvalue weighted by atomic mass is 19.1. The van der Waals surface area contributed by atoms with E-state index in [-0.39, 0.29) is 11.9 Å². The van der Waals surface area contributed by atoms with Gasteiger partial charge in [0.25, 0.3) is 0 Å². The van der Waals surface area contributed by atoms with Crippen molar-refractivity contribution in [2.75, 3.05) is 33.5 Å². The van der Waals surface area contributed by atoms with Gasteiger partial charge in [0.15, 0.2) is 0 Å². The van der Waals surface area contributed by atoms with Crippen LogP contribution in [-0.4, -0.2) is 33.5 Å². The fourth-order valence-corrected chi connectivity index (χ4v) is 1.56. The third-order valence-corrected chi connectivity index (χ3v) is 2.44. The zero-order chi connectivity index (χ0) is 12.5. The van der Waals surface area contributed by atoms with Gasteiger partial charge in [-0.15, -0.1) is 0 Å². The SMILES string of the molecule is CCNC(COCCOC)c1ccc(F)cc1. The standard InChI is InChI=1S/C13H20FNO2/c1-3-15-13(10-17-9-8-16-2)11-4-6-12(14)7-5-11/h4-7,13,15H,3,8-10H2,1-2H3. The van der Waals surface area contributed by atoms with Crippen molar-refractivity contribution >= 4 is 0 Å². The number of likely N-dealkylation sites (N-methyl/N-ethyl adjacent to an activating group) is 1. The predicted molar refractivity (Wildman–Crippen MR) is 65.5 cm³/mol. The topological polar surface area (TPSA) is 30.5 Å². The largest absolute Gasteiger partial charge is 0.382 e. The van der Waals surface area contributed by atoms with Crippen LogP contribution in [0.4, 0.5) is 4.39 Å². The van der Waals surface area contributed by atoms with Crippen LogP contribution < -0.4 is 5.32 Å². The summed E-state index contributed by atoms with van der Waals surface area (Å²) in [4.78, 5) is 0. The Labute approximate surface area is 102 Å².